The minimum Gasteiger partial charge on any atom is -0.352 e. The summed E-state index contributed by atoms with van der Waals surface area (Å²) in [6, 6.07) is 6.36. The van der Waals surface area contributed by atoms with Crippen molar-refractivity contribution in [2.45, 2.75) is 26.2 Å². The molecule has 0 aromatic heterocycles. The lowest BCUT2D eigenvalue weighted by molar-refractivity contribution is 0.373. The number of nitrogens with zero attached hydrogens (tertiary/aromatic N) is 2. The van der Waals surface area contributed by atoms with E-state index >= 15 is 0 Å². The van der Waals surface area contributed by atoms with Gasteiger partial charge in [0.05, 0.1) is 6.54 Å². The zero-order chi connectivity index (χ0) is 19.2. The molecule has 0 N–H and O–H groups in total. The summed E-state index contributed by atoms with van der Waals surface area (Å²) in [6.45, 7) is 3.47. The standard InChI is InChI=1S/C22H25BrF2N2/c1-2-16-8-9-19(23)14-17(16)6-7-18-15-20(25)4-3-5-21(18)22-26-11-13-27(22)12-10-24/h3-5,8-9,14-15,18H,2,6-7,10-13H2,1H3. The molecule has 1 aromatic carbocycles. The van der Waals surface area contributed by atoms with Crippen LogP contribution in [-0.2, 0) is 12.8 Å². The molecule has 0 saturated carbocycles. The molecule has 5 heteroatoms. The van der Waals surface area contributed by atoms with Crippen LogP contribution in [0.1, 0.15) is 24.5 Å². The molecule has 0 saturated heterocycles. The lowest BCUT2D eigenvalue weighted by Crippen LogP contribution is -2.32. The zero-order valence-corrected chi connectivity index (χ0v) is 17.2. The third kappa shape index (κ3) is 4.95. The number of aryl methyl sites for hydroxylation is 2. The molecule has 2 aliphatic rings. The van der Waals surface area contributed by atoms with Gasteiger partial charge in [-0.15, -0.1) is 0 Å². The summed E-state index contributed by atoms with van der Waals surface area (Å²) < 4.78 is 28.1. The molecule has 27 heavy (non-hydrogen) atoms. The lowest BCUT2D eigenvalue weighted by atomic mass is 9.89. The highest BCUT2D eigenvalue weighted by molar-refractivity contribution is 9.10. The van der Waals surface area contributed by atoms with Crippen molar-refractivity contribution in [1.29, 1.82) is 0 Å². The molecule has 0 bridgehead atoms. The maximum atomic E-state index is 14.2. The van der Waals surface area contributed by atoms with Crippen LogP contribution in [0.3, 0.4) is 0 Å². The van der Waals surface area contributed by atoms with Crippen LogP contribution >= 0.6 is 15.9 Å². The molecule has 1 aromatic rings. The Balaban J connectivity index is 1.83. The van der Waals surface area contributed by atoms with Crippen molar-refractivity contribution in [3.05, 3.63) is 69.5 Å². The summed E-state index contributed by atoms with van der Waals surface area (Å²) in [5.74, 6) is 0.507. The van der Waals surface area contributed by atoms with E-state index in [-0.39, 0.29) is 11.7 Å². The van der Waals surface area contributed by atoms with Gasteiger partial charge in [0.1, 0.15) is 18.3 Å². The molecular weight excluding hydrogens is 410 g/mol. The van der Waals surface area contributed by atoms with Crippen LogP contribution in [0.2, 0.25) is 0 Å². The van der Waals surface area contributed by atoms with Gasteiger partial charge >= 0.3 is 0 Å². The van der Waals surface area contributed by atoms with Gasteiger partial charge in [-0.25, -0.2) is 8.78 Å². The SMILES string of the molecule is CCc1ccc(Br)cc1CCC1C=C(F)C=CC=C1C1=NCCN1CCF. The molecular formula is C22H25BrF2N2. The predicted molar refractivity (Wildman–Crippen MR) is 112 cm³/mol. The molecule has 2 nitrogen and oxygen atoms in total. The first-order valence-corrected chi connectivity index (χ1v) is 10.3. The van der Waals surface area contributed by atoms with Crippen LogP contribution in [0.25, 0.3) is 0 Å². The second kappa shape index (κ2) is 9.45. The number of hydrogen-bond acceptors (Lipinski definition) is 2. The van der Waals surface area contributed by atoms with Crippen LogP contribution in [0.15, 0.2) is 63.4 Å². The van der Waals surface area contributed by atoms with E-state index in [1.165, 1.54) is 17.2 Å². The normalized spacial score (nSPS) is 19.6. The Hall–Kier alpha value is -1.75. The monoisotopic (exact) mass is 434 g/mol. The van der Waals surface area contributed by atoms with Gasteiger partial charge in [0, 0.05) is 29.1 Å². The molecule has 0 fully saturated rings. The van der Waals surface area contributed by atoms with E-state index in [2.05, 4.69) is 46.0 Å². The average Bonchev–Trinajstić information content (AvgIpc) is 3.02. The van der Waals surface area contributed by atoms with E-state index in [9.17, 15) is 8.78 Å². The van der Waals surface area contributed by atoms with E-state index in [0.717, 1.165) is 41.7 Å². The van der Waals surface area contributed by atoms with Gasteiger partial charge in [0.15, 0.2) is 0 Å². The fourth-order valence-corrected chi connectivity index (χ4v) is 4.15. The molecule has 0 amide bonds. The third-order valence-corrected chi connectivity index (χ3v) is 5.60. The van der Waals surface area contributed by atoms with Crippen molar-refractivity contribution < 1.29 is 8.78 Å². The summed E-state index contributed by atoms with van der Waals surface area (Å²) in [6.07, 6.45) is 9.42. The highest BCUT2D eigenvalue weighted by atomic mass is 79.9. The van der Waals surface area contributed by atoms with Gasteiger partial charge in [0.2, 0.25) is 0 Å². The summed E-state index contributed by atoms with van der Waals surface area (Å²) >= 11 is 3.55. The summed E-state index contributed by atoms with van der Waals surface area (Å²) in [5, 5.41) is 0. The Morgan fingerprint density at radius 2 is 2.15 bits per heavy atom. The van der Waals surface area contributed by atoms with Crippen molar-refractivity contribution >= 4 is 21.8 Å². The summed E-state index contributed by atoms with van der Waals surface area (Å²) in [5.41, 5.74) is 3.58. The molecule has 1 aliphatic carbocycles. The number of aliphatic imine (C=N–C) groups is 1. The van der Waals surface area contributed by atoms with E-state index in [1.807, 2.05) is 11.0 Å². The van der Waals surface area contributed by atoms with Gasteiger partial charge in [-0.05, 0) is 54.7 Å². The quantitative estimate of drug-likeness (QED) is 0.545. The minimum absolute atomic E-state index is 0.0809. The first-order valence-electron chi connectivity index (χ1n) is 9.51. The topological polar surface area (TPSA) is 15.6 Å². The highest BCUT2D eigenvalue weighted by Gasteiger charge is 2.26. The molecule has 0 spiro atoms. The Kier molecular flexibility index (Phi) is 7.00. The fraction of sp³-hybridized carbons (Fsp3) is 0.409. The molecule has 3 rings (SSSR count). The van der Waals surface area contributed by atoms with E-state index < -0.39 is 6.67 Å². The van der Waals surface area contributed by atoms with Crippen LogP contribution in [0, 0.1) is 5.92 Å². The summed E-state index contributed by atoms with van der Waals surface area (Å²) in [7, 11) is 0. The van der Waals surface area contributed by atoms with E-state index in [4.69, 9.17) is 0 Å². The van der Waals surface area contributed by atoms with Crippen LogP contribution in [-0.4, -0.2) is 37.0 Å². The smallest absolute Gasteiger partial charge is 0.127 e. The first kappa shape index (κ1) is 20.0. The van der Waals surface area contributed by atoms with Gasteiger partial charge in [-0.1, -0.05) is 41.1 Å². The Labute approximate surface area is 168 Å². The average molecular weight is 435 g/mol. The Morgan fingerprint density at radius 3 is 2.93 bits per heavy atom. The molecule has 1 heterocycles. The molecule has 144 valence electrons. The highest BCUT2D eigenvalue weighted by Crippen LogP contribution is 2.29. The molecule has 1 unspecified atom stereocenters. The Morgan fingerprint density at radius 1 is 1.30 bits per heavy atom. The van der Waals surface area contributed by atoms with Crippen molar-refractivity contribution in [3.8, 4) is 0 Å². The number of amidine groups is 1. The van der Waals surface area contributed by atoms with Gasteiger partial charge < -0.3 is 4.90 Å². The largest absolute Gasteiger partial charge is 0.352 e. The van der Waals surface area contributed by atoms with E-state index in [1.54, 1.807) is 12.2 Å². The number of benzene rings is 1. The molecule has 0 radical (unpaired) electrons. The first-order chi connectivity index (χ1) is 13.1. The van der Waals surface area contributed by atoms with Crippen molar-refractivity contribution in [3.63, 3.8) is 0 Å². The lowest BCUT2D eigenvalue weighted by Gasteiger charge is -2.24. The third-order valence-electron chi connectivity index (χ3n) is 5.11. The number of hydrogen-bond donors (Lipinski definition) is 0. The number of alkyl halides is 1. The maximum absolute atomic E-state index is 14.2. The number of halogens is 3. The Bertz CT molecular complexity index is 796. The van der Waals surface area contributed by atoms with Crippen molar-refractivity contribution in [1.82, 2.24) is 4.90 Å². The maximum Gasteiger partial charge on any atom is 0.127 e. The van der Waals surface area contributed by atoms with Gasteiger partial charge in [0.25, 0.3) is 0 Å². The van der Waals surface area contributed by atoms with Crippen molar-refractivity contribution in [2.24, 2.45) is 10.9 Å². The minimum atomic E-state index is -0.408. The van der Waals surface area contributed by atoms with Crippen LogP contribution in [0.5, 0.6) is 0 Å². The van der Waals surface area contributed by atoms with Gasteiger partial charge in [-0.2, -0.15) is 0 Å². The fourth-order valence-electron chi connectivity index (χ4n) is 3.74. The number of rotatable bonds is 7. The molecule has 1 aliphatic heterocycles. The van der Waals surface area contributed by atoms with E-state index in [0.29, 0.717) is 13.1 Å². The van der Waals surface area contributed by atoms with Crippen LogP contribution in [0.4, 0.5) is 8.78 Å². The van der Waals surface area contributed by atoms with Crippen LogP contribution < -0.4 is 0 Å². The number of allylic oxidation sites excluding steroid dienone is 5. The second-order valence-electron chi connectivity index (χ2n) is 6.83. The predicted octanol–water partition coefficient (Wildman–Crippen LogP) is 5.59. The summed E-state index contributed by atoms with van der Waals surface area (Å²) in [4.78, 5) is 6.57. The second-order valence-corrected chi connectivity index (χ2v) is 7.74. The van der Waals surface area contributed by atoms with Gasteiger partial charge in [-0.3, -0.25) is 4.99 Å². The van der Waals surface area contributed by atoms with Crippen molar-refractivity contribution in [2.75, 3.05) is 26.3 Å². The molecule has 1 atom stereocenters. The zero-order valence-electron chi connectivity index (χ0n) is 15.6.